The van der Waals surface area contributed by atoms with Crippen molar-refractivity contribution in [2.75, 3.05) is 18.5 Å². The van der Waals surface area contributed by atoms with Crippen LogP contribution in [0.3, 0.4) is 0 Å². The van der Waals surface area contributed by atoms with Gasteiger partial charge in [-0.25, -0.2) is 0 Å². The molecule has 0 heterocycles. The van der Waals surface area contributed by atoms with Crippen molar-refractivity contribution in [3.8, 4) is 11.5 Å². The van der Waals surface area contributed by atoms with Crippen molar-refractivity contribution < 1.29 is 14.3 Å². The third-order valence-electron chi connectivity index (χ3n) is 6.08. The lowest BCUT2D eigenvalue weighted by molar-refractivity contribution is 0.102. The van der Waals surface area contributed by atoms with E-state index in [0.717, 1.165) is 47.0 Å². The number of benzene rings is 2. The van der Waals surface area contributed by atoms with Gasteiger partial charge in [0.2, 0.25) is 0 Å². The van der Waals surface area contributed by atoms with Crippen molar-refractivity contribution in [1.82, 2.24) is 0 Å². The van der Waals surface area contributed by atoms with Gasteiger partial charge in [0.15, 0.2) is 0 Å². The maximum absolute atomic E-state index is 12.6. The van der Waals surface area contributed by atoms with Gasteiger partial charge in [0.05, 0.1) is 17.7 Å². The minimum atomic E-state index is -0.147. The molecule has 3 rings (SSSR count). The van der Waals surface area contributed by atoms with Crippen molar-refractivity contribution in [2.24, 2.45) is 5.92 Å². The Morgan fingerprint density at radius 2 is 1.75 bits per heavy atom. The molecule has 0 aliphatic heterocycles. The smallest absolute Gasteiger partial charge is 0.255 e. The van der Waals surface area contributed by atoms with Crippen LogP contribution in [0.15, 0.2) is 46.9 Å². The molecule has 174 valence electrons. The maximum Gasteiger partial charge on any atom is 0.255 e. The summed E-state index contributed by atoms with van der Waals surface area (Å²) in [5, 5.41) is 2.95. The zero-order valence-corrected chi connectivity index (χ0v) is 20.8. The number of nitrogens with one attached hydrogen (secondary N) is 1. The number of rotatable bonds is 12. The second kappa shape index (κ2) is 13.5. The molecule has 1 aliphatic rings. The SMILES string of the molecule is CCCCCCOc1ccc(C(=O)Nc2ccc(OCCC3CCCCC3)cc2)cc1Br. The summed E-state index contributed by atoms with van der Waals surface area (Å²) in [4.78, 5) is 12.6. The van der Waals surface area contributed by atoms with E-state index in [2.05, 4.69) is 28.2 Å². The minimum Gasteiger partial charge on any atom is -0.494 e. The molecule has 0 aromatic heterocycles. The van der Waals surface area contributed by atoms with Gasteiger partial charge in [-0.1, -0.05) is 58.3 Å². The first kappa shape index (κ1) is 24.6. The van der Waals surface area contributed by atoms with E-state index in [1.165, 1.54) is 51.4 Å². The Kier molecular flexibility index (Phi) is 10.4. The molecular formula is C27H36BrNO3. The Balaban J connectivity index is 1.43. The van der Waals surface area contributed by atoms with E-state index in [1.807, 2.05) is 30.3 Å². The van der Waals surface area contributed by atoms with Crippen LogP contribution in [-0.4, -0.2) is 19.1 Å². The van der Waals surface area contributed by atoms with E-state index in [4.69, 9.17) is 9.47 Å². The van der Waals surface area contributed by atoms with Crippen LogP contribution in [0.4, 0.5) is 5.69 Å². The summed E-state index contributed by atoms with van der Waals surface area (Å²) in [7, 11) is 0. The van der Waals surface area contributed by atoms with E-state index >= 15 is 0 Å². The van der Waals surface area contributed by atoms with Crippen LogP contribution in [-0.2, 0) is 0 Å². The normalized spacial score (nSPS) is 14.2. The summed E-state index contributed by atoms with van der Waals surface area (Å²) in [5.74, 6) is 2.29. The third-order valence-corrected chi connectivity index (χ3v) is 6.70. The Morgan fingerprint density at radius 1 is 0.969 bits per heavy atom. The molecule has 4 nitrogen and oxygen atoms in total. The molecule has 1 saturated carbocycles. The number of hydrogen-bond donors (Lipinski definition) is 1. The predicted octanol–water partition coefficient (Wildman–Crippen LogP) is 8.01. The second-order valence-corrected chi connectivity index (χ2v) is 9.53. The van der Waals surface area contributed by atoms with Gasteiger partial charge >= 0.3 is 0 Å². The Morgan fingerprint density at radius 3 is 2.47 bits per heavy atom. The number of hydrogen-bond acceptors (Lipinski definition) is 3. The van der Waals surface area contributed by atoms with Gasteiger partial charge in [-0.3, -0.25) is 4.79 Å². The average molecular weight is 502 g/mol. The highest BCUT2D eigenvalue weighted by Gasteiger charge is 2.13. The van der Waals surface area contributed by atoms with Gasteiger partial charge in [0.1, 0.15) is 11.5 Å². The number of carbonyl (C=O) groups is 1. The summed E-state index contributed by atoms with van der Waals surface area (Å²) in [6, 6.07) is 13.1. The third kappa shape index (κ3) is 8.16. The first-order valence-corrected chi connectivity index (χ1v) is 12.9. The number of unbranched alkanes of at least 4 members (excludes halogenated alkanes) is 3. The van der Waals surface area contributed by atoms with Crippen LogP contribution >= 0.6 is 15.9 Å². The predicted molar refractivity (Wildman–Crippen MR) is 135 cm³/mol. The number of carbonyl (C=O) groups excluding carboxylic acids is 1. The first-order chi connectivity index (χ1) is 15.7. The molecule has 0 radical (unpaired) electrons. The van der Waals surface area contributed by atoms with Crippen molar-refractivity contribution >= 4 is 27.5 Å². The summed E-state index contributed by atoms with van der Waals surface area (Å²) < 4.78 is 12.5. The summed E-state index contributed by atoms with van der Waals surface area (Å²) in [6.07, 6.45) is 12.6. The van der Waals surface area contributed by atoms with Crippen LogP contribution in [0.25, 0.3) is 0 Å². The lowest BCUT2D eigenvalue weighted by Gasteiger charge is -2.21. The molecule has 0 unspecified atom stereocenters. The minimum absolute atomic E-state index is 0.147. The topological polar surface area (TPSA) is 47.6 Å². The standard InChI is InChI=1S/C27H36BrNO3/c1-2-3-4-8-18-32-26-16-11-22(20-25(26)28)27(30)29-23-12-14-24(15-13-23)31-19-17-21-9-6-5-7-10-21/h11-16,20-21H,2-10,17-19H2,1H3,(H,29,30). The van der Waals surface area contributed by atoms with E-state index in [0.29, 0.717) is 12.2 Å². The van der Waals surface area contributed by atoms with Crippen molar-refractivity contribution in [3.63, 3.8) is 0 Å². The maximum atomic E-state index is 12.6. The molecule has 0 spiro atoms. The monoisotopic (exact) mass is 501 g/mol. The molecule has 1 amide bonds. The van der Waals surface area contributed by atoms with Gasteiger partial charge in [0, 0.05) is 11.3 Å². The van der Waals surface area contributed by atoms with Gasteiger partial charge in [0.25, 0.3) is 5.91 Å². The molecule has 2 aromatic rings. The lowest BCUT2D eigenvalue weighted by Crippen LogP contribution is -2.12. The molecule has 0 bridgehead atoms. The Hall–Kier alpha value is -2.01. The van der Waals surface area contributed by atoms with Crippen LogP contribution in [0.5, 0.6) is 11.5 Å². The van der Waals surface area contributed by atoms with Crippen LogP contribution in [0.1, 0.15) is 81.5 Å². The molecular weight excluding hydrogens is 466 g/mol. The fourth-order valence-corrected chi connectivity index (χ4v) is 4.62. The summed E-state index contributed by atoms with van der Waals surface area (Å²) in [6.45, 7) is 3.65. The zero-order valence-electron chi connectivity index (χ0n) is 19.2. The van der Waals surface area contributed by atoms with E-state index in [1.54, 1.807) is 12.1 Å². The second-order valence-electron chi connectivity index (χ2n) is 8.67. The summed E-state index contributed by atoms with van der Waals surface area (Å²) in [5.41, 5.74) is 1.34. The van der Waals surface area contributed by atoms with Gasteiger partial charge < -0.3 is 14.8 Å². The lowest BCUT2D eigenvalue weighted by atomic mass is 9.87. The van der Waals surface area contributed by atoms with E-state index < -0.39 is 0 Å². The van der Waals surface area contributed by atoms with Crippen LogP contribution < -0.4 is 14.8 Å². The zero-order chi connectivity index (χ0) is 22.6. The number of halogens is 1. The van der Waals surface area contributed by atoms with Gasteiger partial charge in [-0.15, -0.1) is 0 Å². The number of ether oxygens (including phenoxy) is 2. The number of anilines is 1. The van der Waals surface area contributed by atoms with Crippen molar-refractivity contribution in [3.05, 3.63) is 52.5 Å². The summed E-state index contributed by atoms with van der Waals surface area (Å²) >= 11 is 3.52. The van der Waals surface area contributed by atoms with E-state index in [-0.39, 0.29) is 5.91 Å². The quantitative estimate of drug-likeness (QED) is 0.299. The molecule has 5 heteroatoms. The average Bonchev–Trinajstić information content (AvgIpc) is 2.81. The van der Waals surface area contributed by atoms with Gasteiger partial charge in [-0.05, 0) is 77.2 Å². The van der Waals surface area contributed by atoms with Crippen LogP contribution in [0, 0.1) is 5.92 Å². The highest BCUT2D eigenvalue weighted by atomic mass is 79.9. The highest BCUT2D eigenvalue weighted by molar-refractivity contribution is 9.10. The van der Waals surface area contributed by atoms with Crippen molar-refractivity contribution in [2.45, 2.75) is 71.1 Å². The molecule has 2 aromatic carbocycles. The molecule has 32 heavy (non-hydrogen) atoms. The Bertz CT molecular complexity index is 831. The molecule has 1 aliphatic carbocycles. The number of amides is 1. The van der Waals surface area contributed by atoms with E-state index in [9.17, 15) is 4.79 Å². The van der Waals surface area contributed by atoms with Crippen molar-refractivity contribution in [1.29, 1.82) is 0 Å². The van der Waals surface area contributed by atoms with Gasteiger partial charge in [-0.2, -0.15) is 0 Å². The fourth-order valence-electron chi connectivity index (χ4n) is 4.13. The highest BCUT2D eigenvalue weighted by Crippen LogP contribution is 2.28. The van der Waals surface area contributed by atoms with Crippen LogP contribution in [0.2, 0.25) is 0 Å². The first-order valence-electron chi connectivity index (χ1n) is 12.1. The Labute approximate surface area is 201 Å². The largest absolute Gasteiger partial charge is 0.494 e. The molecule has 0 atom stereocenters. The molecule has 1 fully saturated rings. The molecule has 1 N–H and O–H groups in total. The molecule has 0 saturated heterocycles. The fraction of sp³-hybridized carbons (Fsp3) is 0.519.